The fourth-order valence-corrected chi connectivity index (χ4v) is 1.64. The Kier molecular flexibility index (Phi) is 3.74. The van der Waals surface area contributed by atoms with Crippen molar-refractivity contribution in [3.63, 3.8) is 0 Å². The van der Waals surface area contributed by atoms with Crippen molar-refractivity contribution in [1.82, 2.24) is 4.98 Å². The SMILES string of the molecule is Cc1c(F)cc(C(N)=O)cc1NC(=O)c1cccnc1. The highest BCUT2D eigenvalue weighted by atomic mass is 19.1. The van der Waals surface area contributed by atoms with E-state index in [1.165, 1.54) is 25.4 Å². The van der Waals surface area contributed by atoms with Crippen LogP contribution in [-0.2, 0) is 0 Å². The van der Waals surface area contributed by atoms with Crippen LogP contribution in [0, 0.1) is 12.7 Å². The molecular weight excluding hydrogens is 261 g/mol. The highest BCUT2D eigenvalue weighted by Gasteiger charge is 2.13. The maximum absolute atomic E-state index is 13.7. The second kappa shape index (κ2) is 5.48. The van der Waals surface area contributed by atoms with Crippen molar-refractivity contribution < 1.29 is 14.0 Å². The zero-order chi connectivity index (χ0) is 14.7. The molecular formula is C14H12FN3O2. The van der Waals surface area contributed by atoms with Gasteiger partial charge in [-0.05, 0) is 31.2 Å². The number of aromatic nitrogens is 1. The van der Waals surface area contributed by atoms with Gasteiger partial charge in [-0.25, -0.2) is 4.39 Å². The maximum atomic E-state index is 13.7. The van der Waals surface area contributed by atoms with Crippen LogP contribution in [0.3, 0.4) is 0 Å². The lowest BCUT2D eigenvalue weighted by Crippen LogP contribution is -2.16. The molecule has 1 aromatic heterocycles. The number of pyridine rings is 1. The van der Waals surface area contributed by atoms with Gasteiger partial charge < -0.3 is 11.1 Å². The van der Waals surface area contributed by atoms with Gasteiger partial charge in [-0.2, -0.15) is 0 Å². The molecule has 0 saturated carbocycles. The van der Waals surface area contributed by atoms with Gasteiger partial charge in [0.15, 0.2) is 0 Å². The predicted molar refractivity (Wildman–Crippen MR) is 71.8 cm³/mol. The van der Waals surface area contributed by atoms with Gasteiger partial charge in [0.1, 0.15) is 5.82 Å². The molecule has 0 saturated heterocycles. The maximum Gasteiger partial charge on any atom is 0.257 e. The fraction of sp³-hybridized carbons (Fsp3) is 0.0714. The molecule has 0 spiro atoms. The van der Waals surface area contributed by atoms with Crippen molar-refractivity contribution in [3.05, 3.63) is 59.2 Å². The summed E-state index contributed by atoms with van der Waals surface area (Å²) in [5.41, 5.74) is 5.87. The Balaban J connectivity index is 2.34. The Morgan fingerprint density at radius 3 is 2.65 bits per heavy atom. The Bertz CT molecular complexity index is 672. The molecule has 2 amide bonds. The molecule has 0 radical (unpaired) electrons. The van der Waals surface area contributed by atoms with E-state index in [9.17, 15) is 14.0 Å². The third kappa shape index (κ3) is 2.80. The van der Waals surface area contributed by atoms with E-state index in [-0.39, 0.29) is 16.8 Å². The van der Waals surface area contributed by atoms with Crippen molar-refractivity contribution in [2.24, 2.45) is 5.73 Å². The van der Waals surface area contributed by atoms with Crippen LogP contribution in [0.4, 0.5) is 10.1 Å². The molecule has 0 aliphatic heterocycles. The number of halogens is 1. The zero-order valence-corrected chi connectivity index (χ0v) is 10.7. The number of carbonyl (C=O) groups is 2. The molecule has 1 heterocycles. The number of nitrogens with two attached hydrogens (primary N) is 1. The molecule has 5 nitrogen and oxygen atoms in total. The number of amides is 2. The monoisotopic (exact) mass is 273 g/mol. The summed E-state index contributed by atoms with van der Waals surface area (Å²) in [4.78, 5) is 26.9. The Labute approximate surface area is 114 Å². The molecule has 2 rings (SSSR count). The smallest absolute Gasteiger partial charge is 0.257 e. The topological polar surface area (TPSA) is 85.1 Å². The summed E-state index contributed by atoms with van der Waals surface area (Å²) in [6, 6.07) is 5.57. The molecule has 102 valence electrons. The van der Waals surface area contributed by atoms with E-state index in [1.54, 1.807) is 12.1 Å². The van der Waals surface area contributed by atoms with Gasteiger partial charge in [0.2, 0.25) is 5.91 Å². The number of benzene rings is 1. The van der Waals surface area contributed by atoms with E-state index < -0.39 is 17.6 Å². The third-order valence-electron chi connectivity index (χ3n) is 2.80. The van der Waals surface area contributed by atoms with Crippen molar-refractivity contribution in [2.75, 3.05) is 5.32 Å². The zero-order valence-electron chi connectivity index (χ0n) is 10.7. The standard InChI is InChI=1S/C14H12FN3O2/c1-8-11(15)5-10(13(16)19)6-12(8)18-14(20)9-3-2-4-17-7-9/h2-7H,1H3,(H2,16,19)(H,18,20). The van der Waals surface area contributed by atoms with Crippen LogP contribution in [0.2, 0.25) is 0 Å². The molecule has 2 aromatic rings. The van der Waals surface area contributed by atoms with Gasteiger partial charge in [-0.15, -0.1) is 0 Å². The van der Waals surface area contributed by atoms with Gasteiger partial charge in [0.05, 0.1) is 5.56 Å². The van der Waals surface area contributed by atoms with E-state index in [4.69, 9.17) is 5.73 Å². The molecule has 0 aliphatic carbocycles. The number of nitrogens with one attached hydrogen (secondary N) is 1. The number of rotatable bonds is 3. The Morgan fingerprint density at radius 2 is 2.05 bits per heavy atom. The predicted octanol–water partition coefficient (Wildman–Crippen LogP) is 1.88. The first-order valence-electron chi connectivity index (χ1n) is 5.80. The second-order valence-electron chi connectivity index (χ2n) is 4.19. The number of hydrogen-bond donors (Lipinski definition) is 2. The van der Waals surface area contributed by atoms with E-state index in [0.29, 0.717) is 5.56 Å². The third-order valence-corrected chi connectivity index (χ3v) is 2.80. The Morgan fingerprint density at radius 1 is 1.30 bits per heavy atom. The lowest BCUT2D eigenvalue weighted by Gasteiger charge is -2.10. The molecule has 0 fully saturated rings. The van der Waals surface area contributed by atoms with Crippen molar-refractivity contribution in [1.29, 1.82) is 0 Å². The first-order chi connectivity index (χ1) is 9.49. The number of anilines is 1. The van der Waals surface area contributed by atoms with Gasteiger partial charge in [-0.3, -0.25) is 14.6 Å². The van der Waals surface area contributed by atoms with Gasteiger partial charge >= 0.3 is 0 Å². The minimum atomic E-state index is -0.763. The lowest BCUT2D eigenvalue weighted by atomic mass is 10.1. The minimum Gasteiger partial charge on any atom is -0.366 e. The summed E-state index contributed by atoms with van der Waals surface area (Å²) >= 11 is 0. The number of hydrogen-bond acceptors (Lipinski definition) is 3. The minimum absolute atomic E-state index is 0.00501. The first kappa shape index (κ1) is 13.7. The summed E-state index contributed by atoms with van der Waals surface area (Å²) in [6.45, 7) is 1.50. The van der Waals surface area contributed by atoms with E-state index in [1.807, 2.05) is 0 Å². The molecule has 6 heteroatoms. The molecule has 0 bridgehead atoms. The van der Waals surface area contributed by atoms with Crippen LogP contribution < -0.4 is 11.1 Å². The molecule has 0 aliphatic rings. The summed E-state index contributed by atoms with van der Waals surface area (Å²) in [6.07, 6.45) is 2.92. The first-order valence-corrected chi connectivity index (χ1v) is 5.80. The summed E-state index contributed by atoms with van der Waals surface area (Å²) < 4.78 is 13.7. The number of carbonyl (C=O) groups excluding carboxylic acids is 2. The van der Waals surface area contributed by atoms with Crippen molar-refractivity contribution in [2.45, 2.75) is 6.92 Å². The molecule has 0 atom stereocenters. The highest BCUT2D eigenvalue weighted by Crippen LogP contribution is 2.21. The molecule has 3 N–H and O–H groups in total. The van der Waals surface area contributed by atoms with Crippen LogP contribution in [0.1, 0.15) is 26.3 Å². The second-order valence-corrected chi connectivity index (χ2v) is 4.19. The van der Waals surface area contributed by atoms with Crippen LogP contribution in [0.25, 0.3) is 0 Å². The highest BCUT2D eigenvalue weighted by molar-refractivity contribution is 6.05. The van der Waals surface area contributed by atoms with Gasteiger partial charge in [-0.1, -0.05) is 0 Å². The normalized spacial score (nSPS) is 10.1. The average Bonchev–Trinajstić information content (AvgIpc) is 2.44. The van der Waals surface area contributed by atoms with E-state index >= 15 is 0 Å². The van der Waals surface area contributed by atoms with Crippen LogP contribution in [-0.4, -0.2) is 16.8 Å². The largest absolute Gasteiger partial charge is 0.366 e. The molecule has 20 heavy (non-hydrogen) atoms. The van der Waals surface area contributed by atoms with Crippen molar-refractivity contribution in [3.8, 4) is 0 Å². The van der Waals surface area contributed by atoms with Gasteiger partial charge in [0, 0.05) is 29.2 Å². The van der Waals surface area contributed by atoms with Gasteiger partial charge in [0.25, 0.3) is 5.91 Å². The fourth-order valence-electron chi connectivity index (χ4n) is 1.64. The van der Waals surface area contributed by atoms with Crippen LogP contribution in [0.15, 0.2) is 36.7 Å². The summed E-state index contributed by atoms with van der Waals surface area (Å²) in [5.74, 6) is -1.81. The average molecular weight is 273 g/mol. The van der Waals surface area contributed by atoms with Crippen LogP contribution in [0.5, 0.6) is 0 Å². The number of primary amides is 1. The molecule has 1 aromatic carbocycles. The van der Waals surface area contributed by atoms with E-state index in [0.717, 1.165) is 6.07 Å². The number of nitrogens with zero attached hydrogens (tertiary/aromatic N) is 1. The van der Waals surface area contributed by atoms with Crippen molar-refractivity contribution >= 4 is 17.5 Å². The summed E-state index contributed by atoms with van der Waals surface area (Å²) in [5, 5.41) is 2.54. The Hall–Kier alpha value is -2.76. The summed E-state index contributed by atoms with van der Waals surface area (Å²) in [7, 11) is 0. The quantitative estimate of drug-likeness (QED) is 0.895. The van der Waals surface area contributed by atoms with E-state index in [2.05, 4.69) is 10.3 Å². The molecule has 0 unspecified atom stereocenters. The lowest BCUT2D eigenvalue weighted by molar-refractivity contribution is 0.0995. The van der Waals surface area contributed by atoms with Crippen LogP contribution >= 0.6 is 0 Å².